The minimum Gasteiger partial charge on any atom is -0.373 e. The van der Waals surface area contributed by atoms with Gasteiger partial charge in [-0.05, 0) is 50.5 Å². The number of benzene rings is 1. The van der Waals surface area contributed by atoms with E-state index in [0.717, 1.165) is 24.1 Å². The molecular formula is C17H24N2O4S. The van der Waals surface area contributed by atoms with Crippen LogP contribution >= 0.6 is 0 Å². The Morgan fingerprint density at radius 3 is 2.50 bits per heavy atom. The first-order chi connectivity index (χ1) is 11.3. The Labute approximate surface area is 143 Å². The van der Waals surface area contributed by atoms with Crippen molar-refractivity contribution in [1.29, 1.82) is 0 Å². The Morgan fingerprint density at radius 2 is 1.88 bits per heavy atom. The summed E-state index contributed by atoms with van der Waals surface area (Å²) in [5, 5.41) is 0. The number of amides is 1. The van der Waals surface area contributed by atoms with Gasteiger partial charge in [0.15, 0.2) is 0 Å². The molecule has 1 aromatic carbocycles. The van der Waals surface area contributed by atoms with Gasteiger partial charge in [-0.1, -0.05) is 0 Å². The van der Waals surface area contributed by atoms with Gasteiger partial charge in [-0.2, -0.15) is 4.31 Å². The van der Waals surface area contributed by atoms with E-state index in [0.29, 0.717) is 24.5 Å². The van der Waals surface area contributed by atoms with E-state index >= 15 is 0 Å². The summed E-state index contributed by atoms with van der Waals surface area (Å²) in [5.74, 6) is -0.0117. The maximum atomic E-state index is 13.0. The Balaban J connectivity index is 1.93. The predicted octanol–water partition coefficient (Wildman–Crippen LogP) is 1.78. The Hall–Kier alpha value is -1.44. The number of ether oxygens (including phenoxy) is 1. The van der Waals surface area contributed by atoms with Crippen molar-refractivity contribution in [2.75, 3.05) is 24.5 Å². The van der Waals surface area contributed by atoms with Crippen molar-refractivity contribution in [3.05, 3.63) is 23.8 Å². The van der Waals surface area contributed by atoms with E-state index in [1.807, 2.05) is 13.8 Å². The van der Waals surface area contributed by atoms with Crippen LogP contribution in [0, 0.1) is 0 Å². The highest BCUT2D eigenvalue weighted by Crippen LogP contribution is 2.31. The number of aryl methyl sites for hydroxylation is 1. The summed E-state index contributed by atoms with van der Waals surface area (Å²) in [7, 11) is -3.55. The highest BCUT2D eigenvalue weighted by molar-refractivity contribution is 7.89. The van der Waals surface area contributed by atoms with E-state index < -0.39 is 10.0 Å². The summed E-state index contributed by atoms with van der Waals surface area (Å²) >= 11 is 0. The maximum absolute atomic E-state index is 13.0. The van der Waals surface area contributed by atoms with Crippen LogP contribution in [0.1, 0.15) is 32.8 Å². The number of fused-ring (bicyclic) bond motifs is 1. The molecule has 2 unspecified atom stereocenters. The van der Waals surface area contributed by atoms with Crippen LogP contribution in [0.5, 0.6) is 0 Å². The number of anilines is 1. The minimum atomic E-state index is -3.55. The zero-order valence-electron chi connectivity index (χ0n) is 14.4. The first-order valence-corrected chi connectivity index (χ1v) is 9.79. The van der Waals surface area contributed by atoms with Gasteiger partial charge < -0.3 is 9.64 Å². The number of hydrogen-bond donors (Lipinski definition) is 0. The molecule has 0 aromatic heterocycles. The first-order valence-electron chi connectivity index (χ1n) is 8.35. The van der Waals surface area contributed by atoms with E-state index in [4.69, 9.17) is 4.74 Å². The van der Waals surface area contributed by atoms with Gasteiger partial charge in [-0.25, -0.2) is 8.42 Å². The van der Waals surface area contributed by atoms with Crippen molar-refractivity contribution < 1.29 is 17.9 Å². The molecule has 2 atom stereocenters. The van der Waals surface area contributed by atoms with Gasteiger partial charge in [-0.3, -0.25) is 4.79 Å². The predicted molar refractivity (Wildman–Crippen MR) is 91.6 cm³/mol. The largest absolute Gasteiger partial charge is 0.373 e. The number of nitrogens with zero attached hydrogens (tertiary/aromatic N) is 2. The van der Waals surface area contributed by atoms with Crippen LogP contribution in [0.25, 0.3) is 0 Å². The monoisotopic (exact) mass is 352 g/mol. The van der Waals surface area contributed by atoms with Crippen molar-refractivity contribution >= 4 is 21.6 Å². The molecule has 2 heterocycles. The lowest BCUT2D eigenvalue weighted by Crippen LogP contribution is -2.48. The SMILES string of the molecule is CC(=O)N1CCCc2cc(S(=O)(=O)N3CC(C)OC(C)C3)ccc21. The molecule has 1 saturated heterocycles. The van der Waals surface area contributed by atoms with Crippen LogP contribution in [0.15, 0.2) is 23.1 Å². The van der Waals surface area contributed by atoms with Gasteiger partial charge in [0.1, 0.15) is 0 Å². The van der Waals surface area contributed by atoms with Crippen LogP contribution in [-0.4, -0.2) is 50.5 Å². The second-order valence-corrected chi connectivity index (χ2v) is 8.58. The molecule has 0 N–H and O–H groups in total. The third-order valence-corrected chi connectivity index (χ3v) is 6.40. The summed E-state index contributed by atoms with van der Waals surface area (Å²) in [6.07, 6.45) is 1.41. The number of morpholine rings is 1. The Kier molecular flexibility index (Phi) is 4.68. The first kappa shape index (κ1) is 17.4. The van der Waals surface area contributed by atoms with E-state index in [2.05, 4.69) is 0 Å². The average molecular weight is 352 g/mol. The third kappa shape index (κ3) is 3.20. The van der Waals surface area contributed by atoms with E-state index in [9.17, 15) is 13.2 Å². The molecule has 24 heavy (non-hydrogen) atoms. The molecule has 1 amide bonds. The lowest BCUT2D eigenvalue weighted by Gasteiger charge is -2.35. The molecule has 0 aliphatic carbocycles. The third-order valence-electron chi connectivity index (χ3n) is 4.57. The second kappa shape index (κ2) is 6.46. The molecule has 2 aliphatic heterocycles. The van der Waals surface area contributed by atoms with Gasteiger partial charge in [0.05, 0.1) is 17.1 Å². The fourth-order valence-electron chi connectivity index (χ4n) is 3.54. The quantitative estimate of drug-likeness (QED) is 0.814. The van der Waals surface area contributed by atoms with Gasteiger partial charge >= 0.3 is 0 Å². The zero-order valence-corrected chi connectivity index (χ0v) is 15.2. The smallest absolute Gasteiger partial charge is 0.243 e. The highest BCUT2D eigenvalue weighted by atomic mass is 32.2. The molecule has 1 fully saturated rings. The normalized spacial score (nSPS) is 25.4. The molecular weight excluding hydrogens is 328 g/mol. The van der Waals surface area contributed by atoms with E-state index in [-0.39, 0.29) is 18.1 Å². The van der Waals surface area contributed by atoms with Crippen molar-refractivity contribution in [2.24, 2.45) is 0 Å². The number of carbonyl (C=O) groups is 1. The molecule has 0 bridgehead atoms. The van der Waals surface area contributed by atoms with Gasteiger partial charge in [-0.15, -0.1) is 0 Å². The molecule has 2 aliphatic rings. The number of sulfonamides is 1. The van der Waals surface area contributed by atoms with Crippen LogP contribution in [0.4, 0.5) is 5.69 Å². The average Bonchev–Trinajstić information content (AvgIpc) is 2.52. The molecule has 7 heteroatoms. The molecule has 0 saturated carbocycles. The molecule has 3 rings (SSSR count). The molecule has 0 radical (unpaired) electrons. The lowest BCUT2D eigenvalue weighted by atomic mass is 10.0. The summed E-state index contributed by atoms with van der Waals surface area (Å²) in [6.45, 7) is 6.72. The summed E-state index contributed by atoms with van der Waals surface area (Å²) in [6, 6.07) is 5.10. The maximum Gasteiger partial charge on any atom is 0.243 e. The lowest BCUT2D eigenvalue weighted by molar-refractivity contribution is -0.116. The van der Waals surface area contributed by atoms with Crippen LogP contribution in [0.2, 0.25) is 0 Å². The van der Waals surface area contributed by atoms with Crippen molar-refractivity contribution in [3.8, 4) is 0 Å². The number of hydrogen-bond acceptors (Lipinski definition) is 4. The Morgan fingerprint density at radius 1 is 1.21 bits per heavy atom. The molecule has 132 valence electrons. The number of carbonyl (C=O) groups excluding carboxylic acids is 1. The van der Waals surface area contributed by atoms with Crippen molar-refractivity contribution in [2.45, 2.75) is 50.7 Å². The van der Waals surface area contributed by atoms with Crippen LogP contribution in [-0.2, 0) is 26.0 Å². The van der Waals surface area contributed by atoms with Crippen LogP contribution < -0.4 is 4.90 Å². The van der Waals surface area contributed by atoms with Crippen LogP contribution in [0.3, 0.4) is 0 Å². The van der Waals surface area contributed by atoms with E-state index in [1.165, 1.54) is 11.2 Å². The van der Waals surface area contributed by atoms with Crippen molar-refractivity contribution in [3.63, 3.8) is 0 Å². The fraction of sp³-hybridized carbons (Fsp3) is 0.588. The summed E-state index contributed by atoms with van der Waals surface area (Å²) in [4.78, 5) is 13.8. The van der Waals surface area contributed by atoms with Gasteiger partial charge in [0.25, 0.3) is 0 Å². The molecule has 6 nitrogen and oxygen atoms in total. The topological polar surface area (TPSA) is 66.9 Å². The zero-order chi connectivity index (χ0) is 17.5. The summed E-state index contributed by atoms with van der Waals surface area (Å²) in [5.41, 5.74) is 1.75. The second-order valence-electron chi connectivity index (χ2n) is 6.64. The standard InChI is InChI=1S/C17H24N2O4S/c1-12-10-18(11-13(2)23-12)24(21,22)16-6-7-17-15(9-16)5-4-8-19(17)14(3)20/h6-7,9,12-13H,4-5,8,10-11H2,1-3H3. The van der Waals surface area contributed by atoms with Gasteiger partial charge in [0.2, 0.25) is 15.9 Å². The summed E-state index contributed by atoms with van der Waals surface area (Å²) < 4.78 is 33.1. The fourth-order valence-corrected chi connectivity index (χ4v) is 5.18. The Bertz CT molecular complexity index is 737. The highest BCUT2D eigenvalue weighted by Gasteiger charge is 2.33. The molecule has 0 spiro atoms. The van der Waals surface area contributed by atoms with Gasteiger partial charge in [0, 0.05) is 32.2 Å². The minimum absolute atomic E-state index is 0.0117. The molecule has 1 aromatic rings. The van der Waals surface area contributed by atoms with Crippen molar-refractivity contribution in [1.82, 2.24) is 4.31 Å². The van der Waals surface area contributed by atoms with E-state index in [1.54, 1.807) is 23.1 Å². The number of rotatable bonds is 2.